The zero-order chi connectivity index (χ0) is 9.61. The van der Waals surface area contributed by atoms with Crippen molar-refractivity contribution in [2.45, 2.75) is 19.6 Å². The van der Waals surface area contributed by atoms with Gasteiger partial charge in [0.05, 0.1) is 5.33 Å². The molecule has 0 aliphatic carbocycles. The van der Waals surface area contributed by atoms with E-state index >= 15 is 0 Å². The minimum atomic E-state index is -0.932. The monoisotopic (exact) mass is 255 g/mol. The zero-order valence-electron chi connectivity index (χ0n) is 7.30. The minimum absolute atomic E-state index is 0.225. The first-order valence-corrected chi connectivity index (χ1v) is 5.29. The van der Waals surface area contributed by atoms with Crippen LogP contribution in [0.5, 0.6) is 0 Å². The standard InChI is InChI=1S/C7H14BrNO2S/c1-3-10-7(5-8,6(9)12)11-4-2/h3-5H2,1-2H3,(H2,9,12). The van der Waals surface area contributed by atoms with Crippen molar-refractivity contribution in [2.75, 3.05) is 18.5 Å². The smallest absolute Gasteiger partial charge is 0.230 e. The Morgan fingerprint density at radius 3 is 2.00 bits per heavy atom. The predicted octanol–water partition coefficient (Wildman–Crippen LogP) is 1.44. The summed E-state index contributed by atoms with van der Waals surface area (Å²) in [6.07, 6.45) is 0. The fourth-order valence-electron chi connectivity index (χ4n) is 0.793. The normalized spacial score (nSPS) is 11.6. The van der Waals surface area contributed by atoms with Crippen LogP contribution >= 0.6 is 28.1 Å². The Morgan fingerprint density at radius 1 is 1.42 bits per heavy atom. The van der Waals surface area contributed by atoms with Crippen molar-refractivity contribution in [1.82, 2.24) is 0 Å². The second kappa shape index (κ2) is 5.85. The number of alkyl halides is 1. The molecule has 0 radical (unpaired) electrons. The van der Waals surface area contributed by atoms with E-state index < -0.39 is 5.79 Å². The maximum Gasteiger partial charge on any atom is 0.230 e. The van der Waals surface area contributed by atoms with E-state index in [9.17, 15) is 0 Å². The fourth-order valence-corrected chi connectivity index (χ4v) is 1.79. The predicted molar refractivity (Wildman–Crippen MR) is 56.6 cm³/mol. The van der Waals surface area contributed by atoms with E-state index in [1.54, 1.807) is 0 Å². The molecule has 0 saturated carbocycles. The number of nitrogens with two attached hydrogens (primary N) is 1. The maximum absolute atomic E-state index is 5.51. The van der Waals surface area contributed by atoms with Gasteiger partial charge in [0, 0.05) is 13.2 Å². The number of thiocarbonyl (C=S) groups is 1. The highest BCUT2D eigenvalue weighted by molar-refractivity contribution is 9.09. The van der Waals surface area contributed by atoms with Crippen LogP contribution in [0.1, 0.15) is 13.8 Å². The lowest BCUT2D eigenvalue weighted by molar-refractivity contribution is -0.165. The first-order chi connectivity index (χ1) is 5.63. The Balaban J connectivity index is 4.39. The Labute approximate surface area is 86.7 Å². The van der Waals surface area contributed by atoms with E-state index in [0.717, 1.165) is 0 Å². The van der Waals surface area contributed by atoms with Gasteiger partial charge in [0.25, 0.3) is 0 Å². The van der Waals surface area contributed by atoms with E-state index in [-0.39, 0.29) is 4.99 Å². The summed E-state index contributed by atoms with van der Waals surface area (Å²) in [6.45, 7) is 4.77. The minimum Gasteiger partial charge on any atom is -0.389 e. The summed E-state index contributed by atoms with van der Waals surface area (Å²) in [6, 6.07) is 0. The van der Waals surface area contributed by atoms with Gasteiger partial charge in [-0.25, -0.2) is 0 Å². The van der Waals surface area contributed by atoms with E-state index in [1.165, 1.54) is 0 Å². The van der Waals surface area contributed by atoms with Gasteiger partial charge < -0.3 is 15.2 Å². The molecule has 0 aliphatic heterocycles. The highest BCUT2D eigenvalue weighted by atomic mass is 79.9. The third kappa shape index (κ3) is 2.97. The molecule has 0 saturated heterocycles. The molecule has 5 heteroatoms. The van der Waals surface area contributed by atoms with Crippen molar-refractivity contribution in [3.63, 3.8) is 0 Å². The van der Waals surface area contributed by atoms with Crippen molar-refractivity contribution in [1.29, 1.82) is 0 Å². The molecule has 0 rings (SSSR count). The van der Waals surface area contributed by atoms with Gasteiger partial charge in [-0.2, -0.15) is 0 Å². The molecular formula is C7H14BrNO2S. The molecule has 0 atom stereocenters. The van der Waals surface area contributed by atoms with Gasteiger partial charge in [0.15, 0.2) is 0 Å². The van der Waals surface area contributed by atoms with Crippen LogP contribution in [-0.2, 0) is 9.47 Å². The first-order valence-electron chi connectivity index (χ1n) is 3.76. The van der Waals surface area contributed by atoms with Gasteiger partial charge in [0.2, 0.25) is 5.79 Å². The number of ether oxygens (including phenoxy) is 2. The number of halogens is 1. The zero-order valence-corrected chi connectivity index (χ0v) is 9.70. The van der Waals surface area contributed by atoms with E-state index in [0.29, 0.717) is 18.5 Å². The lowest BCUT2D eigenvalue weighted by Crippen LogP contribution is -2.49. The molecule has 72 valence electrons. The van der Waals surface area contributed by atoms with E-state index in [1.807, 2.05) is 13.8 Å². The highest BCUT2D eigenvalue weighted by Gasteiger charge is 2.33. The summed E-state index contributed by atoms with van der Waals surface area (Å²) < 4.78 is 10.7. The third-order valence-corrected chi connectivity index (χ3v) is 2.36. The SMILES string of the molecule is CCOC(CBr)(OCC)C(N)=S. The molecule has 0 heterocycles. The first kappa shape index (κ1) is 12.3. The Morgan fingerprint density at radius 2 is 1.83 bits per heavy atom. The summed E-state index contributed by atoms with van der Waals surface area (Å²) in [5.41, 5.74) is 5.51. The average Bonchev–Trinajstić information content (AvgIpc) is 2.03. The van der Waals surface area contributed by atoms with E-state index in [2.05, 4.69) is 15.9 Å². The summed E-state index contributed by atoms with van der Waals surface area (Å²) in [5, 5.41) is 0.455. The molecule has 0 amide bonds. The second-order valence-corrected chi connectivity index (χ2v) is 3.12. The molecular weight excluding hydrogens is 242 g/mol. The van der Waals surface area contributed by atoms with E-state index in [4.69, 9.17) is 27.4 Å². The molecule has 2 N–H and O–H groups in total. The average molecular weight is 256 g/mol. The number of hydrogen-bond acceptors (Lipinski definition) is 3. The largest absolute Gasteiger partial charge is 0.389 e. The van der Waals surface area contributed by atoms with Gasteiger partial charge in [-0.3, -0.25) is 0 Å². The van der Waals surface area contributed by atoms with Gasteiger partial charge in [-0.1, -0.05) is 28.1 Å². The third-order valence-electron chi connectivity index (χ3n) is 1.31. The van der Waals surface area contributed by atoms with Crippen LogP contribution in [-0.4, -0.2) is 29.3 Å². The molecule has 0 fully saturated rings. The van der Waals surface area contributed by atoms with Gasteiger partial charge in [-0.05, 0) is 13.8 Å². The molecule has 0 unspecified atom stereocenters. The summed E-state index contributed by atoms with van der Waals surface area (Å²) >= 11 is 8.12. The van der Waals surface area contributed by atoms with Crippen molar-refractivity contribution in [3.8, 4) is 0 Å². The molecule has 0 aliphatic rings. The molecule has 0 aromatic rings. The van der Waals surface area contributed by atoms with Crippen LogP contribution in [0, 0.1) is 0 Å². The van der Waals surface area contributed by atoms with Gasteiger partial charge in [-0.15, -0.1) is 0 Å². The quantitative estimate of drug-likeness (QED) is 0.443. The highest BCUT2D eigenvalue weighted by Crippen LogP contribution is 2.17. The summed E-state index contributed by atoms with van der Waals surface area (Å²) in [4.78, 5) is 0.225. The summed E-state index contributed by atoms with van der Waals surface area (Å²) in [7, 11) is 0. The van der Waals surface area contributed by atoms with Crippen LogP contribution in [0.3, 0.4) is 0 Å². The van der Waals surface area contributed by atoms with Crippen LogP contribution in [0.25, 0.3) is 0 Å². The molecule has 0 aromatic carbocycles. The van der Waals surface area contributed by atoms with Gasteiger partial charge >= 0.3 is 0 Å². The van der Waals surface area contributed by atoms with Crippen LogP contribution < -0.4 is 5.73 Å². The fraction of sp³-hybridized carbons (Fsp3) is 0.857. The second-order valence-electron chi connectivity index (χ2n) is 2.12. The Bertz CT molecular complexity index is 148. The van der Waals surface area contributed by atoms with Crippen molar-refractivity contribution in [3.05, 3.63) is 0 Å². The molecule has 3 nitrogen and oxygen atoms in total. The van der Waals surface area contributed by atoms with Crippen molar-refractivity contribution in [2.24, 2.45) is 5.73 Å². The molecule has 0 aromatic heterocycles. The topological polar surface area (TPSA) is 44.5 Å². The van der Waals surface area contributed by atoms with Crippen LogP contribution in [0.15, 0.2) is 0 Å². The van der Waals surface area contributed by atoms with Crippen molar-refractivity contribution < 1.29 is 9.47 Å². The lowest BCUT2D eigenvalue weighted by atomic mass is 10.3. The molecule has 0 bridgehead atoms. The summed E-state index contributed by atoms with van der Waals surface area (Å²) in [5.74, 6) is -0.932. The lowest BCUT2D eigenvalue weighted by Gasteiger charge is -2.29. The number of hydrogen-bond donors (Lipinski definition) is 1. The van der Waals surface area contributed by atoms with Crippen molar-refractivity contribution >= 4 is 33.1 Å². The van der Waals surface area contributed by atoms with Gasteiger partial charge in [0.1, 0.15) is 4.99 Å². The molecule has 0 spiro atoms. The maximum atomic E-state index is 5.51. The Kier molecular flexibility index (Phi) is 6.00. The molecule has 12 heavy (non-hydrogen) atoms. The van der Waals surface area contributed by atoms with Crippen LogP contribution in [0.2, 0.25) is 0 Å². The van der Waals surface area contributed by atoms with Crippen LogP contribution in [0.4, 0.5) is 0 Å². The number of rotatable bonds is 6. The Hall–Kier alpha value is 0.290.